The summed E-state index contributed by atoms with van der Waals surface area (Å²) in [6, 6.07) is 13.0. The van der Waals surface area contributed by atoms with Crippen LogP contribution in [0.5, 0.6) is 11.5 Å². The maximum Gasteiger partial charge on any atom is 0.465 e. The van der Waals surface area contributed by atoms with E-state index in [9.17, 15) is 4.79 Å². The van der Waals surface area contributed by atoms with Crippen molar-refractivity contribution in [1.29, 1.82) is 0 Å². The van der Waals surface area contributed by atoms with Gasteiger partial charge < -0.3 is 13.9 Å². The largest absolute Gasteiger partial charge is 0.493 e. The molecule has 0 aliphatic rings. The highest BCUT2D eigenvalue weighted by molar-refractivity contribution is 5.96. The molecule has 0 spiro atoms. The van der Waals surface area contributed by atoms with Crippen molar-refractivity contribution in [3.63, 3.8) is 0 Å². The van der Waals surface area contributed by atoms with E-state index in [0.29, 0.717) is 11.3 Å². The van der Waals surface area contributed by atoms with Gasteiger partial charge in [0.25, 0.3) is 0 Å². The lowest BCUT2D eigenvalue weighted by atomic mass is 10.0. The minimum absolute atomic E-state index is 0.250. The number of hydrogen-bond acceptors (Lipinski definition) is 6. The number of fused-ring (bicyclic) bond motifs is 1. The van der Waals surface area contributed by atoms with Crippen molar-refractivity contribution in [3.05, 3.63) is 48.7 Å². The Hall–Kier alpha value is -3.03. The molecule has 0 atom stereocenters. The highest BCUT2D eigenvalue weighted by Crippen LogP contribution is 2.41. The summed E-state index contributed by atoms with van der Waals surface area (Å²) in [6.45, 7) is 3.98. The van der Waals surface area contributed by atoms with Gasteiger partial charge in [0.1, 0.15) is 5.58 Å². The van der Waals surface area contributed by atoms with Crippen molar-refractivity contribution in [2.24, 2.45) is 0 Å². The molecule has 3 aromatic rings. The van der Waals surface area contributed by atoms with Crippen LogP contribution in [0.4, 0.5) is 4.79 Å². The van der Waals surface area contributed by atoms with Crippen LogP contribution in [0.2, 0.25) is 0 Å². The van der Waals surface area contributed by atoms with E-state index >= 15 is 0 Å². The Morgan fingerprint density at radius 3 is 2.44 bits per heavy atom. The van der Waals surface area contributed by atoms with Gasteiger partial charge in [-0.3, -0.25) is 0 Å². The smallest absolute Gasteiger partial charge is 0.465 e. The summed E-state index contributed by atoms with van der Waals surface area (Å²) >= 11 is 0. The van der Waals surface area contributed by atoms with E-state index in [0.717, 1.165) is 21.8 Å². The van der Waals surface area contributed by atoms with E-state index in [1.807, 2.05) is 36.4 Å². The monoisotopic (exact) mass is 371 g/mol. The van der Waals surface area contributed by atoms with Crippen molar-refractivity contribution >= 4 is 17.1 Å². The number of hydroxylamine groups is 2. The Balaban J connectivity index is 2.03. The molecular formula is C20H21NO6. The third-order valence-corrected chi connectivity index (χ3v) is 3.80. The molecule has 27 heavy (non-hydrogen) atoms. The van der Waals surface area contributed by atoms with Crippen molar-refractivity contribution < 1.29 is 28.4 Å². The van der Waals surface area contributed by atoms with E-state index in [1.165, 1.54) is 7.11 Å². The summed E-state index contributed by atoms with van der Waals surface area (Å²) < 4.78 is 16.6. The second-order valence-electron chi connectivity index (χ2n) is 5.44. The second kappa shape index (κ2) is 8.57. The fourth-order valence-corrected chi connectivity index (χ4v) is 2.68. The first-order valence-electron chi connectivity index (χ1n) is 8.60. The first-order chi connectivity index (χ1) is 13.2. The molecule has 0 unspecified atom stereocenters. The molecule has 0 aliphatic heterocycles. The molecular weight excluding hydrogens is 350 g/mol. The zero-order chi connectivity index (χ0) is 19.2. The Kier molecular flexibility index (Phi) is 5.95. The van der Waals surface area contributed by atoms with Gasteiger partial charge in [-0.05, 0) is 31.2 Å². The van der Waals surface area contributed by atoms with Crippen LogP contribution in [-0.2, 0) is 9.68 Å². The van der Waals surface area contributed by atoms with E-state index in [2.05, 4.69) is 0 Å². The number of amides is 1. The number of benzene rings is 2. The second-order valence-corrected chi connectivity index (χ2v) is 5.44. The molecule has 0 bridgehead atoms. The molecule has 7 heteroatoms. The number of methoxy groups -OCH3 is 1. The maximum atomic E-state index is 12.5. The number of hydrogen-bond donors (Lipinski definition) is 0. The average molecular weight is 371 g/mol. The highest BCUT2D eigenvalue weighted by atomic mass is 17.0. The lowest BCUT2D eigenvalue weighted by Gasteiger charge is -2.20. The summed E-state index contributed by atoms with van der Waals surface area (Å²) in [5.74, 6) is 0.653. The van der Waals surface area contributed by atoms with Crippen molar-refractivity contribution in [3.8, 4) is 22.6 Å². The summed E-state index contributed by atoms with van der Waals surface area (Å²) in [6.07, 6.45) is 0.817. The molecule has 0 saturated heterocycles. The van der Waals surface area contributed by atoms with E-state index in [-0.39, 0.29) is 19.0 Å². The Labute approximate surface area is 156 Å². The molecule has 1 heterocycles. The summed E-state index contributed by atoms with van der Waals surface area (Å²) in [7, 11) is 1.51. The average Bonchev–Trinajstić information content (AvgIpc) is 3.12. The minimum Gasteiger partial charge on any atom is -0.493 e. The van der Waals surface area contributed by atoms with Crippen LogP contribution in [0, 0.1) is 0 Å². The fraction of sp³-hybridized carbons (Fsp3) is 0.250. The van der Waals surface area contributed by atoms with Crippen LogP contribution in [0.15, 0.2) is 53.1 Å². The van der Waals surface area contributed by atoms with Gasteiger partial charge in [-0.25, -0.2) is 14.5 Å². The molecule has 7 nitrogen and oxygen atoms in total. The first-order valence-corrected chi connectivity index (χ1v) is 8.60. The van der Waals surface area contributed by atoms with Gasteiger partial charge in [-0.2, -0.15) is 0 Å². The van der Waals surface area contributed by atoms with Gasteiger partial charge in [0.05, 0.1) is 26.6 Å². The normalized spacial score (nSPS) is 10.8. The van der Waals surface area contributed by atoms with Gasteiger partial charge in [0.2, 0.25) is 0 Å². The molecule has 0 radical (unpaired) electrons. The Morgan fingerprint density at radius 2 is 1.74 bits per heavy atom. The van der Waals surface area contributed by atoms with Gasteiger partial charge in [0.15, 0.2) is 11.5 Å². The third-order valence-electron chi connectivity index (χ3n) is 3.80. The summed E-state index contributed by atoms with van der Waals surface area (Å²) in [4.78, 5) is 22.9. The maximum absolute atomic E-state index is 12.5. The van der Waals surface area contributed by atoms with Crippen molar-refractivity contribution in [1.82, 2.24) is 5.23 Å². The molecule has 2 aromatic carbocycles. The number of para-hydroxylation sites is 2. The molecule has 0 fully saturated rings. The molecule has 0 N–H and O–H groups in total. The number of nitrogens with zero attached hydrogens (tertiary/aromatic N) is 1. The molecule has 3 rings (SSSR count). The SMILES string of the molecule is CCON(OCC)C(=O)Oc1c(OC)cccc1-c1coc2ccccc12. The van der Waals surface area contributed by atoms with Crippen LogP contribution in [-0.4, -0.2) is 31.6 Å². The van der Waals surface area contributed by atoms with Gasteiger partial charge in [-0.1, -0.05) is 30.3 Å². The minimum atomic E-state index is -0.808. The first kappa shape index (κ1) is 18.8. The van der Waals surface area contributed by atoms with Crippen LogP contribution >= 0.6 is 0 Å². The van der Waals surface area contributed by atoms with Gasteiger partial charge in [0, 0.05) is 16.5 Å². The molecule has 1 amide bonds. The van der Waals surface area contributed by atoms with Gasteiger partial charge >= 0.3 is 6.09 Å². The van der Waals surface area contributed by atoms with Crippen LogP contribution in [0.25, 0.3) is 22.1 Å². The standard InChI is InChI=1S/C20H21NO6/c1-4-25-21(26-5-2)20(22)27-19-15(10-8-12-18(19)23-3)16-13-24-17-11-7-6-9-14(16)17/h6-13H,4-5H2,1-3H3. The van der Waals surface area contributed by atoms with Crippen LogP contribution in [0.3, 0.4) is 0 Å². The number of ether oxygens (including phenoxy) is 2. The number of rotatable bonds is 7. The molecule has 0 saturated carbocycles. The number of carbonyl (C=O) groups is 1. The number of furan rings is 1. The Morgan fingerprint density at radius 1 is 1.00 bits per heavy atom. The third kappa shape index (κ3) is 3.89. The predicted octanol–water partition coefficient (Wildman–Crippen LogP) is 4.81. The fourth-order valence-electron chi connectivity index (χ4n) is 2.68. The van der Waals surface area contributed by atoms with Gasteiger partial charge in [-0.15, -0.1) is 0 Å². The molecule has 1 aromatic heterocycles. The molecule has 0 aliphatic carbocycles. The lowest BCUT2D eigenvalue weighted by molar-refractivity contribution is -0.329. The molecule has 142 valence electrons. The lowest BCUT2D eigenvalue weighted by Crippen LogP contribution is -2.34. The predicted molar refractivity (Wildman–Crippen MR) is 99.3 cm³/mol. The van der Waals surface area contributed by atoms with Crippen molar-refractivity contribution in [2.45, 2.75) is 13.8 Å². The summed E-state index contributed by atoms with van der Waals surface area (Å²) in [5.41, 5.74) is 2.17. The number of carbonyl (C=O) groups excluding carboxylic acids is 1. The summed E-state index contributed by atoms with van der Waals surface area (Å²) in [5, 5.41) is 1.62. The zero-order valence-electron chi connectivity index (χ0n) is 15.4. The topological polar surface area (TPSA) is 70.4 Å². The van der Waals surface area contributed by atoms with E-state index in [1.54, 1.807) is 26.2 Å². The van der Waals surface area contributed by atoms with Crippen LogP contribution < -0.4 is 9.47 Å². The van der Waals surface area contributed by atoms with Crippen molar-refractivity contribution in [2.75, 3.05) is 20.3 Å². The van der Waals surface area contributed by atoms with E-state index in [4.69, 9.17) is 23.6 Å². The highest BCUT2D eigenvalue weighted by Gasteiger charge is 2.23. The zero-order valence-corrected chi connectivity index (χ0v) is 15.4. The Bertz CT molecular complexity index is 914. The van der Waals surface area contributed by atoms with E-state index < -0.39 is 6.09 Å². The van der Waals surface area contributed by atoms with Crippen LogP contribution in [0.1, 0.15) is 13.8 Å². The quantitative estimate of drug-likeness (QED) is 0.555.